The maximum atomic E-state index is 5.69. The van der Waals surface area contributed by atoms with Gasteiger partial charge >= 0.3 is 0 Å². The number of hydrogen-bond donors (Lipinski definition) is 1. The van der Waals surface area contributed by atoms with E-state index in [0.717, 1.165) is 17.6 Å². The Morgan fingerprint density at radius 2 is 1.84 bits per heavy atom. The predicted octanol–water partition coefficient (Wildman–Crippen LogP) is 3.11. The fourth-order valence-corrected chi connectivity index (χ4v) is 2.31. The number of aromatic nitrogens is 2. The summed E-state index contributed by atoms with van der Waals surface area (Å²) in [4.78, 5) is 8.70. The number of rotatable bonds is 2. The number of anilines is 1. The van der Waals surface area contributed by atoms with Crippen molar-refractivity contribution in [3.63, 3.8) is 0 Å². The minimum atomic E-state index is 0.570. The van der Waals surface area contributed by atoms with Crippen molar-refractivity contribution >= 4 is 16.7 Å². The number of nitrogen functional groups attached to an aromatic ring is 1. The quantitative estimate of drug-likeness (QED) is 0.759. The molecule has 1 aromatic carbocycles. The molecule has 3 heteroatoms. The monoisotopic (exact) mass is 249 g/mol. The lowest BCUT2D eigenvalue weighted by Crippen LogP contribution is -1.99. The van der Waals surface area contributed by atoms with Gasteiger partial charge < -0.3 is 5.73 Å². The van der Waals surface area contributed by atoms with E-state index in [-0.39, 0.29) is 0 Å². The number of nitrogens with two attached hydrogens (primary N) is 1. The standard InChI is InChI=1S/C16H15N3/c1-11-12(6-7-16(17)19-11)10-13-8-9-18-15-5-3-2-4-14(13)15/h2-9H,10H2,1H3,(H2,17,19). The Bertz CT molecular complexity index is 730. The molecule has 0 aliphatic heterocycles. The van der Waals surface area contributed by atoms with Gasteiger partial charge in [0.25, 0.3) is 0 Å². The van der Waals surface area contributed by atoms with Crippen LogP contribution in [0.4, 0.5) is 5.82 Å². The molecule has 3 rings (SSSR count). The second-order valence-electron chi connectivity index (χ2n) is 4.64. The summed E-state index contributed by atoms with van der Waals surface area (Å²) >= 11 is 0. The molecule has 3 aromatic rings. The molecule has 3 nitrogen and oxygen atoms in total. The number of hydrogen-bond acceptors (Lipinski definition) is 3. The molecular formula is C16H15N3. The molecule has 0 radical (unpaired) electrons. The molecule has 0 bridgehead atoms. The van der Waals surface area contributed by atoms with Gasteiger partial charge in [-0.25, -0.2) is 4.98 Å². The van der Waals surface area contributed by atoms with Crippen LogP contribution in [0.3, 0.4) is 0 Å². The number of nitrogens with zero attached hydrogens (tertiary/aromatic N) is 2. The summed E-state index contributed by atoms with van der Waals surface area (Å²) in [7, 11) is 0. The van der Waals surface area contributed by atoms with Crippen molar-refractivity contribution in [2.75, 3.05) is 5.73 Å². The Morgan fingerprint density at radius 1 is 1.00 bits per heavy atom. The number of benzene rings is 1. The second kappa shape index (κ2) is 4.69. The number of pyridine rings is 2. The SMILES string of the molecule is Cc1nc(N)ccc1Cc1ccnc2ccccc12. The molecule has 0 unspecified atom stereocenters. The Hall–Kier alpha value is -2.42. The maximum Gasteiger partial charge on any atom is 0.123 e. The molecule has 94 valence electrons. The molecule has 0 atom stereocenters. The highest BCUT2D eigenvalue weighted by Crippen LogP contribution is 2.20. The van der Waals surface area contributed by atoms with Crippen LogP contribution in [0.1, 0.15) is 16.8 Å². The highest BCUT2D eigenvalue weighted by atomic mass is 14.8. The zero-order valence-electron chi connectivity index (χ0n) is 10.8. The first-order valence-corrected chi connectivity index (χ1v) is 6.28. The van der Waals surface area contributed by atoms with Crippen molar-refractivity contribution in [3.8, 4) is 0 Å². The summed E-state index contributed by atoms with van der Waals surface area (Å²) in [6, 6.07) is 14.2. The molecule has 0 saturated carbocycles. The smallest absolute Gasteiger partial charge is 0.123 e. The summed E-state index contributed by atoms with van der Waals surface area (Å²) in [5.74, 6) is 0.570. The summed E-state index contributed by atoms with van der Waals surface area (Å²) < 4.78 is 0. The lowest BCUT2D eigenvalue weighted by atomic mass is 10.0. The average Bonchev–Trinajstić information content (AvgIpc) is 2.42. The van der Waals surface area contributed by atoms with Crippen LogP contribution < -0.4 is 5.73 Å². The van der Waals surface area contributed by atoms with Crippen LogP contribution in [0.25, 0.3) is 10.9 Å². The van der Waals surface area contributed by atoms with E-state index >= 15 is 0 Å². The number of para-hydroxylation sites is 1. The van der Waals surface area contributed by atoms with E-state index in [1.165, 1.54) is 16.5 Å². The lowest BCUT2D eigenvalue weighted by Gasteiger charge is -2.08. The summed E-state index contributed by atoms with van der Waals surface area (Å²) in [6.07, 6.45) is 2.71. The Morgan fingerprint density at radius 3 is 2.68 bits per heavy atom. The van der Waals surface area contributed by atoms with Gasteiger partial charge in [0.05, 0.1) is 5.52 Å². The van der Waals surface area contributed by atoms with Crippen molar-refractivity contribution in [1.82, 2.24) is 9.97 Å². The van der Waals surface area contributed by atoms with Crippen LogP contribution in [0.15, 0.2) is 48.7 Å². The van der Waals surface area contributed by atoms with Crippen LogP contribution in [-0.2, 0) is 6.42 Å². The maximum absolute atomic E-state index is 5.69. The first-order valence-electron chi connectivity index (χ1n) is 6.28. The minimum Gasteiger partial charge on any atom is -0.384 e. The van der Waals surface area contributed by atoms with Crippen LogP contribution in [0.2, 0.25) is 0 Å². The van der Waals surface area contributed by atoms with Gasteiger partial charge in [-0.1, -0.05) is 24.3 Å². The van der Waals surface area contributed by atoms with E-state index in [9.17, 15) is 0 Å². The zero-order chi connectivity index (χ0) is 13.2. The van der Waals surface area contributed by atoms with Crippen molar-refractivity contribution in [2.24, 2.45) is 0 Å². The van der Waals surface area contributed by atoms with E-state index in [1.54, 1.807) is 0 Å². The largest absolute Gasteiger partial charge is 0.384 e. The molecule has 0 amide bonds. The molecule has 0 aliphatic rings. The summed E-state index contributed by atoms with van der Waals surface area (Å²) in [6.45, 7) is 2.00. The molecule has 0 fully saturated rings. The topological polar surface area (TPSA) is 51.8 Å². The van der Waals surface area contributed by atoms with E-state index in [4.69, 9.17) is 5.73 Å². The molecule has 2 heterocycles. The highest BCUT2D eigenvalue weighted by Gasteiger charge is 2.05. The van der Waals surface area contributed by atoms with Gasteiger partial charge in [-0.15, -0.1) is 0 Å². The van der Waals surface area contributed by atoms with Crippen LogP contribution in [0, 0.1) is 6.92 Å². The third-order valence-electron chi connectivity index (χ3n) is 3.34. The average molecular weight is 249 g/mol. The Kier molecular flexibility index (Phi) is 2.88. The Balaban J connectivity index is 2.06. The highest BCUT2D eigenvalue weighted by molar-refractivity contribution is 5.82. The third-order valence-corrected chi connectivity index (χ3v) is 3.34. The van der Waals surface area contributed by atoms with Gasteiger partial charge in [0, 0.05) is 17.3 Å². The van der Waals surface area contributed by atoms with Crippen molar-refractivity contribution < 1.29 is 0 Å². The Labute approximate surface area is 112 Å². The van der Waals surface area contributed by atoms with Gasteiger partial charge in [0.1, 0.15) is 5.82 Å². The normalized spacial score (nSPS) is 10.8. The first-order chi connectivity index (χ1) is 9.24. The molecule has 0 saturated heterocycles. The minimum absolute atomic E-state index is 0.570. The van der Waals surface area contributed by atoms with Gasteiger partial charge in [-0.3, -0.25) is 4.98 Å². The van der Waals surface area contributed by atoms with Crippen LogP contribution in [0.5, 0.6) is 0 Å². The third kappa shape index (κ3) is 2.27. The van der Waals surface area contributed by atoms with Gasteiger partial charge in [-0.05, 0) is 42.7 Å². The summed E-state index contributed by atoms with van der Waals surface area (Å²) in [5.41, 5.74) is 10.2. The number of fused-ring (bicyclic) bond motifs is 1. The van der Waals surface area contributed by atoms with E-state index in [0.29, 0.717) is 5.82 Å². The zero-order valence-corrected chi connectivity index (χ0v) is 10.8. The molecule has 0 spiro atoms. The van der Waals surface area contributed by atoms with Gasteiger partial charge in [0.15, 0.2) is 0 Å². The lowest BCUT2D eigenvalue weighted by molar-refractivity contribution is 1.09. The second-order valence-corrected chi connectivity index (χ2v) is 4.64. The van der Waals surface area contributed by atoms with Crippen molar-refractivity contribution in [1.29, 1.82) is 0 Å². The van der Waals surface area contributed by atoms with E-state index in [1.807, 2.05) is 43.5 Å². The molecule has 19 heavy (non-hydrogen) atoms. The van der Waals surface area contributed by atoms with Gasteiger partial charge in [-0.2, -0.15) is 0 Å². The molecule has 2 aromatic heterocycles. The number of aryl methyl sites for hydroxylation is 1. The van der Waals surface area contributed by atoms with Crippen LogP contribution in [-0.4, -0.2) is 9.97 Å². The molecule has 0 aliphatic carbocycles. The van der Waals surface area contributed by atoms with Crippen molar-refractivity contribution in [3.05, 3.63) is 65.5 Å². The van der Waals surface area contributed by atoms with E-state index in [2.05, 4.69) is 22.1 Å². The van der Waals surface area contributed by atoms with E-state index < -0.39 is 0 Å². The predicted molar refractivity (Wildman–Crippen MR) is 77.9 cm³/mol. The fourth-order valence-electron chi connectivity index (χ4n) is 2.31. The molecule has 2 N–H and O–H groups in total. The molecular weight excluding hydrogens is 234 g/mol. The van der Waals surface area contributed by atoms with Gasteiger partial charge in [0.2, 0.25) is 0 Å². The first kappa shape index (κ1) is 11.7. The fraction of sp³-hybridized carbons (Fsp3) is 0.125. The summed E-state index contributed by atoms with van der Waals surface area (Å²) in [5, 5.41) is 1.20. The van der Waals surface area contributed by atoms with Crippen molar-refractivity contribution in [2.45, 2.75) is 13.3 Å². The van der Waals surface area contributed by atoms with Crippen LogP contribution >= 0.6 is 0 Å².